The third-order valence-corrected chi connectivity index (χ3v) is 4.70. The van der Waals surface area contributed by atoms with E-state index in [0.717, 1.165) is 25.7 Å². The van der Waals surface area contributed by atoms with Gasteiger partial charge in [0, 0.05) is 0 Å². The first-order valence-corrected chi connectivity index (χ1v) is 9.15. The number of rotatable bonds is 5. The van der Waals surface area contributed by atoms with Crippen LogP contribution < -0.4 is 4.74 Å². The number of nitriles is 1. The molecule has 0 bridgehead atoms. The molecule has 27 heavy (non-hydrogen) atoms. The summed E-state index contributed by atoms with van der Waals surface area (Å²) >= 11 is 2.12. The highest BCUT2D eigenvalue weighted by atomic mass is 127. The maximum Gasteiger partial charge on any atom is 0.343 e. The van der Waals surface area contributed by atoms with Crippen molar-refractivity contribution in [2.24, 2.45) is 0 Å². The van der Waals surface area contributed by atoms with Crippen LogP contribution in [0.4, 0.5) is 0 Å². The van der Waals surface area contributed by atoms with Gasteiger partial charge in [-0.15, -0.1) is 0 Å². The minimum Gasteiger partial charge on any atom is -0.481 e. The minimum atomic E-state index is -0.443. The first kappa shape index (κ1) is 18.9. The number of aromatic nitrogens is 2. The van der Waals surface area contributed by atoms with E-state index in [1.54, 1.807) is 12.1 Å². The zero-order valence-electron chi connectivity index (χ0n) is 14.7. The normalized spacial score (nSPS) is 11.3. The monoisotopic (exact) mass is 473 g/mol. The van der Waals surface area contributed by atoms with Crippen LogP contribution in [0.15, 0.2) is 36.4 Å². The van der Waals surface area contributed by atoms with Gasteiger partial charge in [0.25, 0.3) is 0 Å². The molecule has 0 saturated heterocycles. The van der Waals surface area contributed by atoms with Crippen molar-refractivity contribution in [3.63, 3.8) is 0 Å². The Hall–Kier alpha value is -2.86. The number of ether oxygens (including phenoxy) is 2. The number of fused-ring (bicyclic) bond motifs is 1. The van der Waals surface area contributed by atoms with Gasteiger partial charge in [0.2, 0.25) is 0 Å². The molecule has 7 heteroatoms. The largest absolute Gasteiger partial charge is 0.481 e. The lowest BCUT2D eigenvalue weighted by atomic mass is 10.1. The number of aromatic amines is 1. The molecule has 3 rings (SSSR count). The van der Waals surface area contributed by atoms with Gasteiger partial charge >= 0.3 is 5.97 Å². The lowest BCUT2D eigenvalue weighted by Gasteiger charge is -2.07. The molecule has 0 aliphatic rings. The van der Waals surface area contributed by atoms with E-state index in [-0.39, 0.29) is 6.61 Å². The molecule has 6 nitrogen and oxygen atoms in total. The predicted molar refractivity (Wildman–Crippen MR) is 111 cm³/mol. The van der Waals surface area contributed by atoms with E-state index in [1.165, 1.54) is 7.11 Å². The Bertz CT molecular complexity index is 1080. The molecule has 2 aromatic carbocycles. The summed E-state index contributed by atoms with van der Waals surface area (Å²) in [5, 5.41) is 9.56. The molecule has 0 spiro atoms. The van der Waals surface area contributed by atoms with Gasteiger partial charge in [0.15, 0.2) is 6.61 Å². The van der Waals surface area contributed by atoms with Gasteiger partial charge in [0.1, 0.15) is 17.6 Å². The Labute approximate surface area is 170 Å². The number of H-pyrrole nitrogens is 1. The third kappa shape index (κ3) is 4.46. The molecule has 136 valence electrons. The molecule has 1 aromatic heterocycles. The summed E-state index contributed by atoms with van der Waals surface area (Å²) in [6.07, 6.45) is 1.76. The fourth-order valence-electron chi connectivity index (χ4n) is 2.49. The standard InChI is InChI=1S/C20H16IN3O3/c1-12-3-5-16-17(7-12)24-20(23-16)14(10-22)8-13-4-6-18(15(21)9-13)27-11-19(25)26-2/h3-9H,11H2,1-2H3,(H,23,24)/b14-8-. The molecular formula is C20H16IN3O3. The number of nitrogens with zero attached hydrogens (tertiary/aromatic N) is 2. The summed E-state index contributed by atoms with van der Waals surface area (Å²) in [4.78, 5) is 18.9. The second kappa shape index (κ2) is 8.22. The number of carbonyl (C=O) groups is 1. The number of esters is 1. The van der Waals surface area contributed by atoms with Crippen molar-refractivity contribution in [2.75, 3.05) is 13.7 Å². The van der Waals surface area contributed by atoms with Crippen LogP contribution in [0.2, 0.25) is 0 Å². The van der Waals surface area contributed by atoms with Crippen LogP contribution in [0, 0.1) is 21.8 Å². The van der Waals surface area contributed by atoms with E-state index in [1.807, 2.05) is 37.3 Å². The van der Waals surface area contributed by atoms with Crippen LogP contribution in [0.25, 0.3) is 22.7 Å². The Kier molecular flexibility index (Phi) is 5.76. The summed E-state index contributed by atoms with van der Waals surface area (Å²) < 4.78 is 10.8. The van der Waals surface area contributed by atoms with E-state index >= 15 is 0 Å². The maximum absolute atomic E-state index is 11.2. The first-order chi connectivity index (χ1) is 13.0. The van der Waals surface area contributed by atoms with Gasteiger partial charge in [-0.2, -0.15) is 5.26 Å². The van der Waals surface area contributed by atoms with Crippen molar-refractivity contribution >= 4 is 51.2 Å². The lowest BCUT2D eigenvalue weighted by Crippen LogP contribution is -2.13. The smallest absolute Gasteiger partial charge is 0.343 e. The molecule has 0 fully saturated rings. The molecule has 0 unspecified atom stereocenters. The summed E-state index contributed by atoms with van der Waals surface area (Å²) in [6, 6.07) is 13.6. The van der Waals surface area contributed by atoms with Gasteiger partial charge in [-0.25, -0.2) is 9.78 Å². The quantitative estimate of drug-likeness (QED) is 0.343. The van der Waals surface area contributed by atoms with Crippen LogP contribution >= 0.6 is 22.6 Å². The molecular weight excluding hydrogens is 457 g/mol. The van der Waals surface area contributed by atoms with Gasteiger partial charge in [-0.3, -0.25) is 0 Å². The maximum atomic E-state index is 11.2. The number of nitrogens with one attached hydrogen (secondary N) is 1. The number of hydrogen-bond acceptors (Lipinski definition) is 5. The number of aryl methyl sites for hydroxylation is 1. The van der Waals surface area contributed by atoms with Crippen molar-refractivity contribution in [3.05, 3.63) is 56.9 Å². The molecule has 0 saturated carbocycles. The number of imidazole rings is 1. The van der Waals surface area contributed by atoms with Gasteiger partial charge < -0.3 is 14.5 Å². The summed E-state index contributed by atoms with van der Waals surface area (Å²) in [7, 11) is 1.31. The Balaban J connectivity index is 1.87. The number of benzene rings is 2. The fraction of sp³-hybridized carbons (Fsp3) is 0.150. The molecule has 0 atom stereocenters. The summed E-state index contributed by atoms with van der Waals surface area (Å²) in [5.41, 5.74) is 4.10. The highest BCUT2D eigenvalue weighted by molar-refractivity contribution is 14.1. The molecule has 3 aromatic rings. The number of hydrogen-bond donors (Lipinski definition) is 1. The SMILES string of the molecule is COC(=O)COc1ccc(/C=C(/C#N)c2nc3ccc(C)cc3[nH]2)cc1I. The first-order valence-electron chi connectivity index (χ1n) is 8.08. The van der Waals surface area contributed by atoms with Crippen LogP contribution in [-0.2, 0) is 9.53 Å². The third-order valence-electron chi connectivity index (χ3n) is 3.85. The van der Waals surface area contributed by atoms with Crippen LogP contribution in [0.3, 0.4) is 0 Å². The summed E-state index contributed by atoms with van der Waals surface area (Å²) in [5.74, 6) is 0.664. The molecule has 0 amide bonds. The van der Waals surface area contributed by atoms with Crippen LogP contribution in [0.5, 0.6) is 5.75 Å². The summed E-state index contributed by atoms with van der Waals surface area (Å²) in [6.45, 7) is 1.86. The number of carbonyl (C=O) groups excluding carboxylic acids is 1. The predicted octanol–water partition coefficient (Wildman–Crippen LogP) is 4.09. The van der Waals surface area contributed by atoms with Crippen LogP contribution in [-0.4, -0.2) is 29.7 Å². The van der Waals surface area contributed by atoms with E-state index in [9.17, 15) is 10.1 Å². The number of allylic oxidation sites excluding steroid dienone is 1. The van der Waals surface area contributed by atoms with Crippen molar-refractivity contribution in [1.29, 1.82) is 5.26 Å². The molecule has 0 aliphatic heterocycles. The second-order valence-corrected chi connectivity index (χ2v) is 6.99. The topological polar surface area (TPSA) is 88.0 Å². The van der Waals surface area contributed by atoms with E-state index in [4.69, 9.17) is 4.74 Å². The average Bonchev–Trinajstić information content (AvgIpc) is 3.07. The Morgan fingerprint density at radius 2 is 2.15 bits per heavy atom. The van der Waals surface area contributed by atoms with Crippen molar-refractivity contribution in [3.8, 4) is 11.8 Å². The van der Waals surface area contributed by atoms with Gasteiger partial charge in [-0.05, 0) is 71.0 Å². The lowest BCUT2D eigenvalue weighted by molar-refractivity contribution is -0.142. The van der Waals surface area contributed by atoms with Crippen molar-refractivity contribution in [2.45, 2.75) is 6.92 Å². The van der Waals surface area contributed by atoms with Gasteiger partial charge in [0.05, 0.1) is 27.3 Å². The Morgan fingerprint density at radius 1 is 1.33 bits per heavy atom. The van der Waals surface area contributed by atoms with E-state index < -0.39 is 5.97 Å². The molecule has 1 heterocycles. The van der Waals surface area contributed by atoms with E-state index in [0.29, 0.717) is 17.1 Å². The minimum absolute atomic E-state index is 0.149. The highest BCUT2D eigenvalue weighted by Crippen LogP contribution is 2.25. The molecule has 1 N–H and O–H groups in total. The Morgan fingerprint density at radius 3 is 2.85 bits per heavy atom. The second-order valence-electron chi connectivity index (χ2n) is 5.83. The van der Waals surface area contributed by atoms with Crippen LogP contribution in [0.1, 0.15) is 17.0 Å². The van der Waals surface area contributed by atoms with Gasteiger partial charge in [-0.1, -0.05) is 12.1 Å². The zero-order valence-corrected chi connectivity index (χ0v) is 16.9. The highest BCUT2D eigenvalue weighted by Gasteiger charge is 2.10. The molecule has 0 radical (unpaired) electrons. The molecule has 0 aliphatic carbocycles. The fourth-order valence-corrected chi connectivity index (χ4v) is 3.19. The number of halogens is 1. The van der Waals surface area contributed by atoms with Crippen molar-refractivity contribution in [1.82, 2.24) is 9.97 Å². The number of methoxy groups -OCH3 is 1. The average molecular weight is 473 g/mol. The van der Waals surface area contributed by atoms with E-state index in [2.05, 4.69) is 43.4 Å². The van der Waals surface area contributed by atoms with Crippen molar-refractivity contribution < 1.29 is 14.3 Å². The zero-order chi connectivity index (χ0) is 19.4.